The molecule has 1 amide bonds. The number of aliphatic hydroxyl groups excluding tert-OH is 1. The number of hydrogen-bond acceptors (Lipinski definition) is 3. The number of halogens is 1. The highest BCUT2D eigenvalue weighted by Gasteiger charge is 2.08. The van der Waals surface area contributed by atoms with Crippen LogP contribution in [0.5, 0.6) is 0 Å². The number of amides is 1. The lowest BCUT2D eigenvalue weighted by Crippen LogP contribution is -2.30. The quantitative estimate of drug-likeness (QED) is 0.736. The molecule has 0 saturated carbocycles. The van der Waals surface area contributed by atoms with Crippen LogP contribution in [0.25, 0.3) is 0 Å². The molecule has 3 nitrogen and oxygen atoms in total. The molecule has 20 heavy (non-hydrogen) atoms. The van der Waals surface area contributed by atoms with Gasteiger partial charge in [-0.05, 0) is 30.0 Å². The van der Waals surface area contributed by atoms with E-state index in [2.05, 4.69) is 12.2 Å². The fourth-order valence-corrected chi connectivity index (χ4v) is 2.73. The first kappa shape index (κ1) is 17.3. The van der Waals surface area contributed by atoms with E-state index in [0.29, 0.717) is 18.2 Å². The molecule has 0 spiro atoms. The van der Waals surface area contributed by atoms with Crippen molar-refractivity contribution in [2.24, 2.45) is 5.92 Å². The molecule has 0 bridgehead atoms. The van der Waals surface area contributed by atoms with Crippen molar-refractivity contribution in [3.8, 4) is 0 Å². The molecule has 1 atom stereocenters. The third-order valence-electron chi connectivity index (χ3n) is 3.12. The smallest absolute Gasteiger partial charge is 0.230 e. The zero-order valence-electron chi connectivity index (χ0n) is 11.8. The number of aliphatic hydroxyl groups is 1. The Morgan fingerprint density at radius 1 is 1.40 bits per heavy atom. The average molecular weight is 316 g/mol. The molecule has 5 heteroatoms. The summed E-state index contributed by atoms with van der Waals surface area (Å²) in [6.07, 6.45) is 1.72. The predicted molar refractivity (Wildman–Crippen MR) is 86.1 cm³/mol. The molecular formula is C15H22ClNO2S. The zero-order chi connectivity index (χ0) is 14.8. The summed E-state index contributed by atoms with van der Waals surface area (Å²) in [5.74, 6) is 1.68. The maximum Gasteiger partial charge on any atom is 0.230 e. The number of benzene rings is 1. The summed E-state index contributed by atoms with van der Waals surface area (Å²) in [5.41, 5.74) is 1.17. The van der Waals surface area contributed by atoms with Gasteiger partial charge in [0.05, 0.1) is 5.75 Å². The number of nitrogens with one attached hydrogen (secondary N) is 1. The third kappa shape index (κ3) is 7.17. The molecule has 112 valence electrons. The minimum absolute atomic E-state index is 0.0559. The van der Waals surface area contributed by atoms with Gasteiger partial charge < -0.3 is 10.4 Å². The van der Waals surface area contributed by atoms with Gasteiger partial charge in [-0.2, -0.15) is 0 Å². The molecule has 1 aromatic rings. The molecule has 1 unspecified atom stereocenters. The predicted octanol–water partition coefficient (Wildman–Crippen LogP) is 3.10. The third-order valence-corrected chi connectivity index (χ3v) is 4.37. The van der Waals surface area contributed by atoms with Crippen LogP contribution in [-0.2, 0) is 10.5 Å². The molecule has 0 saturated heterocycles. The zero-order valence-corrected chi connectivity index (χ0v) is 13.3. The van der Waals surface area contributed by atoms with Gasteiger partial charge in [0.2, 0.25) is 5.91 Å². The van der Waals surface area contributed by atoms with E-state index >= 15 is 0 Å². The van der Waals surface area contributed by atoms with Crippen LogP contribution in [0.3, 0.4) is 0 Å². The van der Waals surface area contributed by atoms with Crippen LogP contribution in [0.1, 0.15) is 25.3 Å². The number of carbonyl (C=O) groups excluding carboxylic acids is 1. The second-order valence-electron chi connectivity index (χ2n) is 4.71. The lowest BCUT2D eigenvalue weighted by Gasteiger charge is -2.14. The highest BCUT2D eigenvalue weighted by Crippen LogP contribution is 2.15. The van der Waals surface area contributed by atoms with Gasteiger partial charge in [-0.25, -0.2) is 0 Å². The summed E-state index contributed by atoms with van der Waals surface area (Å²) in [7, 11) is 0. The molecule has 0 aliphatic rings. The van der Waals surface area contributed by atoms with Gasteiger partial charge in [0.1, 0.15) is 0 Å². The lowest BCUT2D eigenvalue weighted by atomic mass is 10.0. The standard InChI is InChI=1S/C15H22ClNO2S/c1-2-12(7-8-18)9-17-15(19)11-20-10-13-3-5-14(16)6-4-13/h3-6,12,18H,2,7-11H2,1H3,(H,17,19). The fraction of sp³-hybridized carbons (Fsp3) is 0.533. The van der Waals surface area contributed by atoms with Crippen LogP contribution in [0.4, 0.5) is 0 Å². The van der Waals surface area contributed by atoms with E-state index in [1.54, 1.807) is 11.8 Å². The van der Waals surface area contributed by atoms with Crippen LogP contribution in [0.2, 0.25) is 5.02 Å². The molecule has 0 aliphatic carbocycles. The molecule has 0 aromatic heterocycles. The van der Waals surface area contributed by atoms with Crippen molar-refractivity contribution in [3.05, 3.63) is 34.9 Å². The molecule has 0 fully saturated rings. The van der Waals surface area contributed by atoms with Gasteiger partial charge in [-0.15, -0.1) is 11.8 Å². The topological polar surface area (TPSA) is 49.3 Å². The van der Waals surface area contributed by atoms with Gasteiger partial charge in [0.25, 0.3) is 0 Å². The van der Waals surface area contributed by atoms with Crippen molar-refractivity contribution in [1.29, 1.82) is 0 Å². The van der Waals surface area contributed by atoms with E-state index in [9.17, 15) is 4.79 Å². The van der Waals surface area contributed by atoms with Gasteiger partial charge >= 0.3 is 0 Å². The molecule has 0 aliphatic heterocycles. The van der Waals surface area contributed by atoms with E-state index in [-0.39, 0.29) is 12.5 Å². The summed E-state index contributed by atoms with van der Waals surface area (Å²) in [5, 5.41) is 12.5. The average Bonchev–Trinajstić information content (AvgIpc) is 2.45. The molecule has 1 aromatic carbocycles. The summed E-state index contributed by atoms with van der Waals surface area (Å²) in [4.78, 5) is 11.7. The Morgan fingerprint density at radius 3 is 2.70 bits per heavy atom. The van der Waals surface area contributed by atoms with E-state index in [1.807, 2.05) is 24.3 Å². The normalized spacial score (nSPS) is 12.2. The van der Waals surface area contributed by atoms with E-state index in [0.717, 1.165) is 23.6 Å². The van der Waals surface area contributed by atoms with Gasteiger partial charge in [0, 0.05) is 23.9 Å². The van der Waals surface area contributed by atoms with Gasteiger partial charge in [-0.3, -0.25) is 4.79 Å². The van der Waals surface area contributed by atoms with Crippen LogP contribution >= 0.6 is 23.4 Å². The minimum atomic E-state index is 0.0559. The summed E-state index contributed by atoms with van der Waals surface area (Å²) in [6.45, 7) is 2.90. The fourth-order valence-electron chi connectivity index (χ4n) is 1.78. The second-order valence-corrected chi connectivity index (χ2v) is 6.13. The number of thioether (sulfide) groups is 1. The van der Waals surface area contributed by atoms with Crippen LogP contribution < -0.4 is 5.32 Å². The van der Waals surface area contributed by atoms with Crippen LogP contribution in [0, 0.1) is 5.92 Å². The summed E-state index contributed by atoms with van der Waals surface area (Å²) >= 11 is 7.41. The van der Waals surface area contributed by atoms with Crippen molar-refractivity contribution in [2.45, 2.75) is 25.5 Å². The van der Waals surface area contributed by atoms with Crippen molar-refractivity contribution >= 4 is 29.3 Å². The molecule has 0 radical (unpaired) electrons. The first-order valence-electron chi connectivity index (χ1n) is 6.85. The molecule has 2 N–H and O–H groups in total. The Balaban J connectivity index is 2.18. The van der Waals surface area contributed by atoms with E-state index in [1.165, 1.54) is 5.56 Å². The minimum Gasteiger partial charge on any atom is -0.396 e. The Hall–Kier alpha value is -0.710. The summed E-state index contributed by atoms with van der Waals surface area (Å²) < 4.78 is 0. The largest absolute Gasteiger partial charge is 0.396 e. The van der Waals surface area contributed by atoms with Gasteiger partial charge in [-0.1, -0.05) is 37.1 Å². The number of hydrogen-bond donors (Lipinski definition) is 2. The van der Waals surface area contributed by atoms with Crippen molar-refractivity contribution < 1.29 is 9.90 Å². The maximum absolute atomic E-state index is 11.7. The monoisotopic (exact) mass is 315 g/mol. The van der Waals surface area contributed by atoms with E-state index in [4.69, 9.17) is 16.7 Å². The number of rotatable bonds is 9. The van der Waals surface area contributed by atoms with Gasteiger partial charge in [0.15, 0.2) is 0 Å². The Morgan fingerprint density at radius 2 is 2.10 bits per heavy atom. The number of carbonyl (C=O) groups is 1. The Kier molecular flexibility index (Phi) is 8.74. The Bertz CT molecular complexity index is 397. The van der Waals surface area contributed by atoms with Crippen LogP contribution in [-0.4, -0.2) is 29.9 Å². The first-order valence-corrected chi connectivity index (χ1v) is 8.38. The van der Waals surface area contributed by atoms with E-state index < -0.39 is 0 Å². The highest BCUT2D eigenvalue weighted by molar-refractivity contribution is 7.99. The SMILES string of the molecule is CCC(CCO)CNC(=O)CSCc1ccc(Cl)cc1. The maximum atomic E-state index is 11.7. The molecule has 0 heterocycles. The highest BCUT2D eigenvalue weighted by atomic mass is 35.5. The lowest BCUT2D eigenvalue weighted by molar-refractivity contribution is -0.118. The molecule has 1 rings (SSSR count). The molecular weight excluding hydrogens is 294 g/mol. The Labute approximate surface area is 130 Å². The van der Waals surface area contributed by atoms with Crippen molar-refractivity contribution in [3.63, 3.8) is 0 Å². The van der Waals surface area contributed by atoms with Crippen molar-refractivity contribution in [1.82, 2.24) is 5.32 Å². The summed E-state index contributed by atoms with van der Waals surface area (Å²) in [6, 6.07) is 7.67. The van der Waals surface area contributed by atoms with Crippen molar-refractivity contribution in [2.75, 3.05) is 18.9 Å². The van der Waals surface area contributed by atoms with Crippen LogP contribution in [0.15, 0.2) is 24.3 Å². The second kappa shape index (κ2) is 10.1. The first-order chi connectivity index (χ1) is 9.65.